The van der Waals surface area contributed by atoms with Crippen LogP contribution in [0.2, 0.25) is 0 Å². The molecule has 0 saturated carbocycles. The van der Waals surface area contributed by atoms with Crippen molar-refractivity contribution in [1.82, 2.24) is 13.9 Å². The van der Waals surface area contributed by atoms with Crippen LogP contribution >= 0.6 is 0 Å². The first-order chi connectivity index (χ1) is 12.9. The van der Waals surface area contributed by atoms with Crippen molar-refractivity contribution in [3.63, 3.8) is 0 Å². The maximum Gasteiger partial charge on any atom is 0.324 e. The Labute approximate surface area is 157 Å². The molecule has 0 unspecified atom stereocenters. The number of ether oxygens (including phenoxy) is 1. The number of nitrogens with zero attached hydrogens (tertiary/aromatic N) is 3. The van der Waals surface area contributed by atoms with Gasteiger partial charge >= 0.3 is 5.97 Å². The summed E-state index contributed by atoms with van der Waals surface area (Å²) in [7, 11) is -0.832. The normalized spacial score (nSPS) is 17.6. The van der Waals surface area contributed by atoms with Gasteiger partial charge in [-0.1, -0.05) is 30.3 Å². The molecule has 0 spiro atoms. The quantitative estimate of drug-likeness (QED) is 0.643. The zero-order valence-electron chi connectivity index (χ0n) is 15.0. The van der Waals surface area contributed by atoms with Gasteiger partial charge in [0.15, 0.2) is 0 Å². The Morgan fingerprint density at radius 3 is 2.67 bits per heavy atom. The number of methoxy groups -OCH3 is 1. The number of rotatable bonds is 3. The molecule has 0 amide bonds. The molecule has 1 aliphatic heterocycles. The van der Waals surface area contributed by atoms with E-state index in [0.717, 1.165) is 22.2 Å². The summed E-state index contributed by atoms with van der Waals surface area (Å²) >= 11 is 0. The molecule has 0 radical (unpaired) electrons. The van der Waals surface area contributed by atoms with E-state index in [9.17, 15) is 13.2 Å². The minimum atomic E-state index is -3.90. The maximum absolute atomic E-state index is 13.4. The number of aryl methyl sites for hydroxylation is 1. The van der Waals surface area contributed by atoms with E-state index in [1.54, 1.807) is 29.1 Å². The molecule has 1 aromatic heterocycles. The number of imidazole rings is 1. The van der Waals surface area contributed by atoms with Gasteiger partial charge < -0.3 is 9.30 Å². The molecule has 2 aromatic carbocycles. The molecule has 8 heteroatoms. The third kappa shape index (κ3) is 2.90. The Morgan fingerprint density at radius 2 is 1.93 bits per heavy atom. The average molecular weight is 385 g/mol. The van der Waals surface area contributed by atoms with Crippen LogP contribution in [0.3, 0.4) is 0 Å². The van der Waals surface area contributed by atoms with Crippen LogP contribution < -0.4 is 0 Å². The fourth-order valence-corrected chi connectivity index (χ4v) is 5.05. The molecule has 0 fully saturated rings. The van der Waals surface area contributed by atoms with Gasteiger partial charge in [-0.2, -0.15) is 4.31 Å². The van der Waals surface area contributed by atoms with Crippen molar-refractivity contribution < 1.29 is 17.9 Å². The third-order valence-electron chi connectivity index (χ3n) is 4.99. The molecule has 2 heterocycles. The van der Waals surface area contributed by atoms with Crippen LogP contribution in [0.4, 0.5) is 0 Å². The molecule has 4 rings (SSSR count). The summed E-state index contributed by atoms with van der Waals surface area (Å²) in [5, 5.41) is 1.78. The molecule has 0 N–H and O–H groups in total. The number of esters is 1. The number of carbonyl (C=O) groups excluding carboxylic acids is 1. The molecular formula is C19H19N3O4S. The molecule has 3 aromatic rings. The Bertz CT molecular complexity index is 1140. The summed E-state index contributed by atoms with van der Waals surface area (Å²) in [5.74, 6) is -0.587. The highest BCUT2D eigenvalue weighted by Crippen LogP contribution is 2.30. The van der Waals surface area contributed by atoms with Crippen molar-refractivity contribution >= 4 is 26.8 Å². The van der Waals surface area contributed by atoms with Gasteiger partial charge in [0, 0.05) is 13.5 Å². The summed E-state index contributed by atoms with van der Waals surface area (Å²) in [6, 6.07) is 11.6. The first-order valence-electron chi connectivity index (χ1n) is 8.49. The zero-order valence-corrected chi connectivity index (χ0v) is 15.8. The van der Waals surface area contributed by atoms with E-state index in [-0.39, 0.29) is 17.9 Å². The Hall–Kier alpha value is -2.71. The average Bonchev–Trinajstić information content (AvgIpc) is 3.06. The first-order valence-corrected chi connectivity index (χ1v) is 9.93. The monoisotopic (exact) mass is 385 g/mol. The van der Waals surface area contributed by atoms with Crippen molar-refractivity contribution in [1.29, 1.82) is 0 Å². The SMILES string of the molecule is COC(=O)[C@@H]1Cc2ncn(C)c2CN1S(=O)(=O)c1ccc2ccccc2c1. The van der Waals surface area contributed by atoms with Crippen molar-refractivity contribution in [2.45, 2.75) is 23.9 Å². The number of fused-ring (bicyclic) bond motifs is 2. The summed E-state index contributed by atoms with van der Waals surface area (Å²) in [6.07, 6.45) is 1.82. The molecule has 0 bridgehead atoms. The lowest BCUT2D eigenvalue weighted by molar-refractivity contribution is -0.145. The smallest absolute Gasteiger partial charge is 0.324 e. The number of sulfonamides is 1. The minimum Gasteiger partial charge on any atom is -0.468 e. The van der Waals surface area contributed by atoms with Crippen LogP contribution in [0.1, 0.15) is 11.4 Å². The van der Waals surface area contributed by atoms with E-state index < -0.39 is 22.0 Å². The van der Waals surface area contributed by atoms with E-state index >= 15 is 0 Å². The molecule has 1 aliphatic rings. The lowest BCUT2D eigenvalue weighted by Gasteiger charge is -2.32. The van der Waals surface area contributed by atoms with Crippen molar-refractivity contribution in [3.8, 4) is 0 Å². The van der Waals surface area contributed by atoms with Gasteiger partial charge in [0.05, 0.1) is 36.3 Å². The van der Waals surface area contributed by atoms with Crippen molar-refractivity contribution in [3.05, 3.63) is 60.2 Å². The zero-order chi connectivity index (χ0) is 19.2. The van der Waals surface area contributed by atoms with Crippen LogP contribution in [0.5, 0.6) is 0 Å². The predicted molar refractivity (Wildman–Crippen MR) is 99.4 cm³/mol. The van der Waals surface area contributed by atoms with Gasteiger partial charge in [0.25, 0.3) is 0 Å². The first kappa shape index (κ1) is 17.7. The second-order valence-corrected chi connectivity index (χ2v) is 8.44. The molecule has 0 saturated heterocycles. The topological polar surface area (TPSA) is 81.5 Å². The van der Waals surface area contributed by atoms with Gasteiger partial charge in [0.1, 0.15) is 6.04 Å². The van der Waals surface area contributed by atoms with Crippen LogP contribution in [0.25, 0.3) is 10.8 Å². The molecule has 27 heavy (non-hydrogen) atoms. The van der Waals surface area contributed by atoms with E-state index in [1.165, 1.54) is 11.4 Å². The predicted octanol–water partition coefficient (Wildman–Crippen LogP) is 1.86. The molecule has 140 valence electrons. The van der Waals surface area contributed by atoms with E-state index in [2.05, 4.69) is 4.98 Å². The highest BCUT2D eigenvalue weighted by Gasteiger charge is 2.41. The van der Waals surface area contributed by atoms with Crippen LogP contribution in [0.15, 0.2) is 53.7 Å². The highest BCUT2D eigenvalue weighted by molar-refractivity contribution is 7.89. The Kier molecular flexibility index (Phi) is 4.24. The maximum atomic E-state index is 13.4. The lowest BCUT2D eigenvalue weighted by Crippen LogP contribution is -2.49. The van der Waals surface area contributed by atoms with Crippen LogP contribution in [-0.4, -0.2) is 41.4 Å². The Balaban J connectivity index is 1.81. The number of benzene rings is 2. The summed E-state index contributed by atoms with van der Waals surface area (Å²) in [4.78, 5) is 16.8. The van der Waals surface area contributed by atoms with Gasteiger partial charge in [-0.05, 0) is 22.9 Å². The van der Waals surface area contributed by atoms with Gasteiger partial charge in [0.2, 0.25) is 10.0 Å². The standard InChI is InChI=1S/C19H19N3O4S/c1-21-12-20-16-10-17(19(23)26-2)22(11-18(16)21)27(24,25)15-8-7-13-5-3-4-6-14(13)9-15/h3-9,12,17H,10-11H2,1-2H3/t17-/m0/s1. The van der Waals surface area contributed by atoms with Crippen molar-refractivity contribution in [2.75, 3.05) is 7.11 Å². The molecule has 0 aliphatic carbocycles. The fourth-order valence-electron chi connectivity index (χ4n) is 3.47. The highest BCUT2D eigenvalue weighted by atomic mass is 32.2. The van der Waals surface area contributed by atoms with Gasteiger partial charge in [-0.25, -0.2) is 13.4 Å². The Morgan fingerprint density at radius 1 is 1.19 bits per heavy atom. The number of carbonyl (C=O) groups is 1. The summed E-state index contributed by atoms with van der Waals surface area (Å²) in [6.45, 7) is 0.0702. The molecule has 1 atom stereocenters. The van der Waals surface area contributed by atoms with Gasteiger partial charge in [-0.3, -0.25) is 4.79 Å². The summed E-state index contributed by atoms with van der Waals surface area (Å²) in [5.41, 5.74) is 1.50. The van der Waals surface area contributed by atoms with E-state index in [4.69, 9.17) is 4.74 Å². The second-order valence-electron chi connectivity index (χ2n) is 6.55. The number of aromatic nitrogens is 2. The molecule has 7 nitrogen and oxygen atoms in total. The molecular weight excluding hydrogens is 366 g/mol. The van der Waals surface area contributed by atoms with E-state index in [0.29, 0.717) is 0 Å². The van der Waals surface area contributed by atoms with E-state index in [1.807, 2.05) is 31.3 Å². The van der Waals surface area contributed by atoms with Crippen LogP contribution in [-0.2, 0) is 39.6 Å². The van der Waals surface area contributed by atoms with Gasteiger partial charge in [-0.15, -0.1) is 0 Å². The number of hydrogen-bond acceptors (Lipinski definition) is 5. The lowest BCUT2D eigenvalue weighted by atomic mass is 10.1. The summed E-state index contributed by atoms with van der Waals surface area (Å²) < 4.78 is 34.6. The largest absolute Gasteiger partial charge is 0.468 e. The minimum absolute atomic E-state index is 0.0702. The van der Waals surface area contributed by atoms with Crippen molar-refractivity contribution in [2.24, 2.45) is 7.05 Å². The van der Waals surface area contributed by atoms with Crippen LogP contribution in [0, 0.1) is 0 Å². The third-order valence-corrected chi connectivity index (χ3v) is 6.84. The fraction of sp³-hybridized carbons (Fsp3) is 0.263. The number of hydrogen-bond donors (Lipinski definition) is 0. The second kappa shape index (κ2) is 6.47.